The van der Waals surface area contributed by atoms with E-state index in [0.29, 0.717) is 0 Å². The highest BCUT2D eigenvalue weighted by molar-refractivity contribution is 7.99. The van der Waals surface area contributed by atoms with Gasteiger partial charge in [-0.25, -0.2) is 0 Å². The van der Waals surface area contributed by atoms with Gasteiger partial charge in [-0.15, -0.1) is 0 Å². The van der Waals surface area contributed by atoms with E-state index in [-0.39, 0.29) is 0 Å². The molecule has 4 rings (SSSR count). The van der Waals surface area contributed by atoms with Crippen molar-refractivity contribution in [3.8, 4) is 22.3 Å². The average Bonchev–Trinajstić information content (AvgIpc) is 2.80. The topological polar surface area (TPSA) is 0 Å². The molecule has 0 aliphatic heterocycles. The molecule has 0 amide bonds. The predicted molar refractivity (Wildman–Crippen MR) is 163 cm³/mol. The van der Waals surface area contributed by atoms with E-state index in [1.807, 2.05) is 11.8 Å². The highest BCUT2D eigenvalue weighted by Gasteiger charge is 2.17. The van der Waals surface area contributed by atoms with Crippen LogP contribution in [0.15, 0.2) is 94.7 Å². The van der Waals surface area contributed by atoms with E-state index in [2.05, 4.69) is 138 Å². The molecule has 0 aliphatic carbocycles. The lowest BCUT2D eigenvalue weighted by Crippen LogP contribution is -2.37. The lowest BCUT2D eigenvalue weighted by molar-refractivity contribution is 1.26. The summed E-state index contributed by atoms with van der Waals surface area (Å²) in [5, 5.41) is 3.02. The zero-order valence-corrected chi connectivity index (χ0v) is 25.3. The van der Waals surface area contributed by atoms with Gasteiger partial charge in [-0.2, -0.15) is 0 Å². The van der Waals surface area contributed by atoms with Gasteiger partial charge < -0.3 is 0 Å². The molecule has 3 heteroatoms. The fourth-order valence-corrected chi connectivity index (χ4v) is 7.61. The summed E-state index contributed by atoms with van der Waals surface area (Å²) >= 11 is 1.87. The van der Waals surface area contributed by atoms with Gasteiger partial charge in [-0.05, 0) is 59.4 Å². The first-order valence-electron chi connectivity index (χ1n) is 12.5. The Bertz CT molecular complexity index is 1220. The zero-order valence-electron chi connectivity index (χ0n) is 22.5. The molecule has 4 aromatic rings. The van der Waals surface area contributed by atoms with Crippen LogP contribution in [-0.2, 0) is 0 Å². The smallest absolute Gasteiger partial charge is 0.0775 e. The molecule has 0 nitrogen and oxygen atoms in total. The molecule has 0 atom stereocenters. The standard InChI is InChI=1S/C32H38SSi2/c1-23-21-27(25-9-15-29(16-10-25)34(3,4)5)13-19-31(23)33-32-20-14-28(22-24(32)2)26-11-17-30(18-12-26)35(6,7)8/h9-22H,1-8H3. The van der Waals surface area contributed by atoms with Crippen LogP contribution in [0.5, 0.6) is 0 Å². The van der Waals surface area contributed by atoms with Gasteiger partial charge in [-0.3, -0.25) is 0 Å². The molecular weight excluding hydrogens is 473 g/mol. The number of rotatable bonds is 6. The lowest BCUT2D eigenvalue weighted by atomic mass is 10.0. The Kier molecular flexibility index (Phi) is 7.33. The van der Waals surface area contributed by atoms with E-state index in [1.165, 1.54) is 53.5 Å². The number of aryl methyl sites for hydroxylation is 2. The summed E-state index contributed by atoms with van der Waals surface area (Å²) in [4.78, 5) is 2.64. The summed E-state index contributed by atoms with van der Waals surface area (Å²) in [6, 6.07) is 32.2. The third-order valence-electron chi connectivity index (χ3n) is 6.74. The van der Waals surface area contributed by atoms with Crippen molar-refractivity contribution in [1.82, 2.24) is 0 Å². The van der Waals surface area contributed by atoms with Crippen molar-refractivity contribution in [3.63, 3.8) is 0 Å². The molecule has 0 aliphatic rings. The quantitative estimate of drug-likeness (QED) is 0.233. The Balaban J connectivity index is 1.52. The number of hydrogen-bond acceptors (Lipinski definition) is 1. The van der Waals surface area contributed by atoms with Crippen molar-refractivity contribution >= 4 is 38.3 Å². The normalized spacial score (nSPS) is 12.1. The zero-order chi connectivity index (χ0) is 25.4. The van der Waals surface area contributed by atoms with Crippen molar-refractivity contribution in [2.24, 2.45) is 0 Å². The van der Waals surface area contributed by atoms with Crippen LogP contribution < -0.4 is 10.4 Å². The van der Waals surface area contributed by atoms with Gasteiger partial charge in [-0.1, -0.05) is 134 Å². The summed E-state index contributed by atoms with van der Waals surface area (Å²) < 4.78 is 0. The lowest BCUT2D eigenvalue weighted by Gasteiger charge is -2.17. The van der Waals surface area contributed by atoms with Gasteiger partial charge in [0.25, 0.3) is 0 Å². The molecule has 0 spiro atoms. The van der Waals surface area contributed by atoms with Gasteiger partial charge in [0.05, 0.1) is 16.1 Å². The van der Waals surface area contributed by atoms with Crippen LogP contribution in [0, 0.1) is 13.8 Å². The Morgan fingerprint density at radius 1 is 0.429 bits per heavy atom. The van der Waals surface area contributed by atoms with Gasteiger partial charge in [0.2, 0.25) is 0 Å². The van der Waals surface area contributed by atoms with Crippen molar-refractivity contribution < 1.29 is 0 Å². The van der Waals surface area contributed by atoms with Crippen molar-refractivity contribution in [2.45, 2.75) is 62.9 Å². The first kappa shape index (κ1) is 25.7. The highest BCUT2D eigenvalue weighted by atomic mass is 32.2. The van der Waals surface area contributed by atoms with Gasteiger partial charge >= 0.3 is 0 Å². The first-order valence-corrected chi connectivity index (χ1v) is 20.3. The molecule has 0 unspecified atom stereocenters. The monoisotopic (exact) mass is 510 g/mol. The molecule has 0 fully saturated rings. The molecule has 4 aromatic carbocycles. The molecule has 0 saturated carbocycles. The number of benzene rings is 4. The minimum absolute atomic E-state index is 1.26. The predicted octanol–water partition coefficient (Wildman–Crippen LogP) is 8.88. The summed E-state index contributed by atoms with van der Waals surface area (Å²) in [5.41, 5.74) is 7.84. The fourth-order valence-electron chi connectivity index (χ4n) is 4.33. The minimum Gasteiger partial charge on any atom is -0.0895 e. The molecule has 0 heterocycles. The van der Waals surface area contributed by atoms with E-state index in [4.69, 9.17) is 0 Å². The van der Waals surface area contributed by atoms with Crippen LogP contribution in [0.1, 0.15) is 11.1 Å². The third-order valence-corrected chi connectivity index (χ3v) is 12.2. The van der Waals surface area contributed by atoms with Gasteiger partial charge in [0.1, 0.15) is 0 Å². The second kappa shape index (κ2) is 9.96. The van der Waals surface area contributed by atoms with Crippen molar-refractivity contribution in [3.05, 3.63) is 96.1 Å². The van der Waals surface area contributed by atoms with Crippen LogP contribution in [0.4, 0.5) is 0 Å². The van der Waals surface area contributed by atoms with Crippen LogP contribution in [0.3, 0.4) is 0 Å². The molecular formula is C32H38SSi2. The van der Waals surface area contributed by atoms with E-state index < -0.39 is 16.1 Å². The second-order valence-electron chi connectivity index (χ2n) is 11.7. The Hall–Kier alpha value is -2.34. The van der Waals surface area contributed by atoms with E-state index >= 15 is 0 Å². The second-order valence-corrected chi connectivity index (χ2v) is 23.0. The summed E-state index contributed by atoms with van der Waals surface area (Å²) in [6.07, 6.45) is 0. The molecule has 0 aromatic heterocycles. The fraction of sp³-hybridized carbons (Fsp3) is 0.250. The molecule has 0 saturated heterocycles. The summed E-state index contributed by atoms with van der Waals surface area (Å²) in [5.74, 6) is 0. The number of hydrogen-bond donors (Lipinski definition) is 0. The Labute approximate surface area is 218 Å². The highest BCUT2D eigenvalue weighted by Crippen LogP contribution is 2.36. The van der Waals surface area contributed by atoms with Crippen LogP contribution >= 0.6 is 11.8 Å². The third kappa shape index (κ3) is 6.09. The van der Waals surface area contributed by atoms with Crippen LogP contribution in [0.2, 0.25) is 39.3 Å². The molecule has 180 valence electrons. The Morgan fingerprint density at radius 3 is 1.03 bits per heavy atom. The average molecular weight is 511 g/mol. The maximum absolute atomic E-state index is 2.40. The largest absolute Gasteiger partial charge is 0.0895 e. The molecule has 0 bridgehead atoms. The van der Waals surface area contributed by atoms with Crippen LogP contribution in [-0.4, -0.2) is 16.1 Å². The van der Waals surface area contributed by atoms with Gasteiger partial charge in [0.15, 0.2) is 0 Å². The molecule has 0 radical (unpaired) electrons. The SMILES string of the molecule is Cc1cc(-c2ccc([Si](C)(C)C)cc2)ccc1Sc1ccc(-c2ccc([Si](C)(C)C)cc2)cc1C. The van der Waals surface area contributed by atoms with Crippen LogP contribution in [0.25, 0.3) is 22.3 Å². The maximum Gasteiger partial charge on any atom is 0.0775 e. The van der Waals surface area contributed by atoms with E-state index in [0.717, 1.165) is 0 Å². The van der Waals surface area contributed by atoms with Crippen molar-refractivity contribution in [2.75, 3.05) is 0 Å². The van der Waals surface area contributed by atoms with Gasteiger partial charge in [0, 0.05) is 9.79 Å². The minimum atomic E-state index is -1.26. The summed E-state index contributed by atoms with van der Waals surface area (Å²) in [7, 11) is -2.53. The molecule has 35 heavy (non-hydrogen) atoms. The first-order chi connectivity index (χ1) is 16.4. The maximum atomic E-state index is 2.40. The van der Waals surface area contributed by atoms with E-state index in [1.54, 1.807) is 0 Å². The van der Waals surface area contributed by atoms with E-state index in [9.17, 15) is 0 Å². The Morgan fingerprint density at radius 2 is 0.743 bits per heavy atom. The van der Waals surface area contributed by atoms with Crippen molar-refractivity contribution in [1.29, 1.82) is 0 Å². The summed E-state index contributed by atoms with van der Waals surface area (Å²) in [6.45, 7) is 18.9. The molecule has 0 N–H and O–H groups in total.